The Morgan fingerprint density at radius 3 is 2.52 bits per heavy atom. The lowest BCUT2D eigenvalue weighted by Crippen LogP contribution is -2.51. The number of rotatable bonds is 3. The lowest BCUT2D eigenvalue weighted by atomic mass is 9.85. The molecule has 0 bridgehead atoms. The van der Waals surface area contributed by atoms with Gasteiger partial charge in [-0.2, -0.15) is 0 Å². The second-order valence-corrected chi connectivity index (χ2v) is 8.37. The summed E-state index contributed by atoms with van der Waals surface area (Å²) in [5.41, 5.74) is 0.701. The van der Waals surface area contributed by atoms with E-state index in [4.69, 9.17) is 32.7 Å². The summed E-state index contributed by atoms with van der Waals surface area (Å²) in [6.45, 7) is 7.74. The van der Waals surface area contributed by atoms with Crippen molar-refractivity contribution in [2.75, 3.05) is 6.61 Å². The number of nitrogens with one attached hydrogen (secondary N) is 1. The molecule has 1 spiro atoms. The van der Waals surface area contributed by atoms with Crippen molar-refractivity contribution in [1.82, 2.24) is 5.32 Å². The Morgan fingerprint density at radius 1 is 1.33 bits per heavy atom. The van der Waals surface area contributed by atoms with Crippen LogP contribution in [0.4, 0.5) is 0 Å². The molecule has 0 saturated carbocycles. The maximum Gasteiger partial charge on any atom is 0.313 e. The van der Waals surface area contributed by atoms with Crippen molar-refractivity contribution in [3.8, 4) is 0 Å². The van der Waals surface area contributed by atoms with E-state index in [-0.39, 0.29) is 23.5 Å². The molecular formula is C20H23Cl2NO4. The molecule has 1 fully saturated rings. The molecule has 5 nitrogen and oxygen atoms in total. The van der Waals surface area contributed by atoms with Gasteiger partial charge in [0.2, 0.25) is 0 Å². The molecule has 1 saturated heterocycles. The minimum Gasteiger partial charge on any atom is -0.427 e. The fourth-order valence-electron chi connectivity index (χ4n) is 3.62. The smallest absolute Gasteiger partial charge is 0.313 e. The second-order valence-electron chi connectivity index (χ2n) is 7.56. The van der Waals surface area contributed by atoms with Crippen molar-refractivity contribution >= 4 is 40.7 Å². The van der Waals surface area contributed by atoms with Gasteiger partial charge < -0.3 is 14.8 Å². The van der Waals surface area contributed by atoms with Crippen LogP contribution in [0, 0.1) is 12.8 Å². The molecule has 2 atom stereocenters. The number of aryl methyl sites for hydroxylation is 1. The number of benzene rings is 1. The average molecular weight is 412 g/mol. The van der Waals surface area contributed by atoms with E-state index in [1.807, 2.05) is 13.8 Å². The molecular weight excluding hydrogens is 389 g/mol. The number of ether oxygens (including phenoxy) is 2. The van der Waals surface area contributed by atoms with Crippen molar-refractivity contribution < 1.29 is 19.1 Å². The average Bonchev–Trinajstić information content (AvgIpc) is 2.78. The molecule has 2 aliphatic heterocycles. The summed E-state index contributed by atoms with van der Waals surface area (Å²) in [5.74, 6) is -0.790. The summed E-state index contributed by atoms with van der Waals surface area (Å²) in [5, 5.41) is 3.72. The molecule has 3 rings (SSSR count). The highest BCUT2D eigenvalue weighted by molar-refractivity contribution is 6.41. The van der Waals surface area contributed by atoms with Crippen LogP contribution in [-0.4, -0.2) is 30.1 Å². The van der Waals surface area contributed by atoms with E-state index in [9.17, 15) is 9.59 Å². The topological polar surface area (TPSA) is 64.6 Å². The van der Waals surface area contributed by atoms with Gasteiger partial charge in [-0.15, -0.1) is 0 Å². The highest BCUT2D eigenvalue weighted by atomic mass is 35.5. The minimum absolute atomic E-state index is 0.0879. The number of halogens is 2. The fourth-order valence-corrected chi connectivity index (χ4v) is 4.40. The Bertz CT molecular complexity index is 810. The first-order valence-electron chi connectivity index (χ1n) is 9.01. The van der Waals surface area contributed by atoms with E-state index in [0.29, 0.717) is 40.8 Å². The predicted octanol–water partition coefficient (Wildman–Crippen LogP) is 4.28. The van der Waals surface area contributed by atoms with E-state index in [1.54, 1.807) is 26.0 Å². The van der Waals surface area contributed by atoms with Gasteiger partial charge >= 0.3 is 5.97 Å². The van der Waals surface area contributed by atoms with Crippen LogP contribution in [0.5, 0.6) is 0 Å². The molecule has 2 unspecified atom stereocenters. The number of carbonyl (C=O) groups is 2. The normalized spacial score (nSPS) is 25.3. The van der Waals surface area contributed by atoms with Crippen molar-refractivity contribution in [3.05, 3.63) is 39.1 Å². The van der Waals surface area contributed by atoms with E-state index in [0.717, 1.165) is 5.56 Å². The summed E-state index contributed by atoms with van der Waals surface area (Å²) in [6, 6.07) is 3.48. The maximum atomic E-state index is 13.0. The number of hydrogen-bond acceptors (Lipinski definition) is 4. The SMILES string of the molecule is Cc1cc(Cl)c(C2=C(OC(=O)C(C)C)C3(CCOC(C)C3)NC2=O)c(Cl)c1. The molecule has 27 heavy (non-hydrogen) atoms. The highest BCUT2D eigenvalue weighted by Crippen LogP contribution is 2.45. The van der Waals surface area contributed by atoms with E-state index >= 15 is 0 Å². The van der Waals surface area contributed by atoms with Crippen LogP contribution >= 0.6 is 23.2 Å². The van der Waals surface area contributed by atoms with Gasteiger partial charge in [-0.1, -0.05) is 37.0 Å². The predicted molar refractivity (Wildman–Crippen MR) is 105 cm³/mol. The molecule has 0 aliphatic carbocycles. The number of carbonyl (C=O) groups excluding carboxylic acids is 2. The van der Waals surface area contributed by atoms with Crippen LogP contribution in [0.3, 0.4) is 0 Å². The summed E-state index contributed by atoms with van der Waals surface area (Å²) in [6.07, 6.45) is 0.924. The van der Waals surface area contributed by atoms with Crippen LogP contribution in [0.25, 0.3) is 5.57 Å². The lowest BCUT2D eigenvalue weighted by Gasteiger charge is -2.38. The second kappa shape index (κ2) is 7.46. The van der Waals surface area contributed by atoms with Gasteiger partial charge in [-0.3, -0.25) is 9.59 Å². The van der Waals surface area contributed by atoms with Gasteiger partial charge in [0, 0.05) is 25.0 Å². The van der Waals surface area contributed by atoms with Crippen molar-refractivity contribution in [2.45, 2.75) is 52.2 Å². The zero-order valence-electron chi connectivity index (χ0n) is 15.8. The monoisotopic (exact) mass is 411 g/mol. The zero-order chi connectivity index (χ0) is 19.9. The van der Waals surface area contributed by atoms with E-state index in [1.165, 1.54) is 0 Å². The van der Waals surface area contributed by atoms with Gasteiger partial charge in [0.25, 0.3) is 5.91 Å². The van der Waals surface area contributed by atoms with Gasteiger partial charge in [0.15, 0.2) is 0 Å². The molecule has 7 heteroatoms. The fraction of sp³-hybridized carbons (Fsp3) is 0.500. The zero-order valence-corrected chi connectivity index (χ0v) is 17.3. The minimum atomic E-state index is -0.799. The first-order chi connectivity index (χ1) is 12.6. The molecule has 1 aromatic rings. The standard InChI is InChI=1S/C20H23Cl2NO4/c1-10(2)19(25)27-17-16(15-13(21)7-11(3)8-14(15)22)18(24)23-20(17)5-6-26-12(4)9-20/h7-8,10,12H,5-6,9H2,1-4H3,(H,23,24). The third kappa shape index (κ3) is 3.73. The van der Waals surface area contributed by atoms with Gasteiger partial charge in [0.05, 0.1) is 27.6 Å². The highest BCUT2D eigenvalue weighted by Gasteiger charge is 2.51. The van der Waals surface area contributed by atoms with Crippen molar-refractivity contribution in [3.63, 3.8) is 0 Å². The summed E-state index contributed by atoms with van der Waals surface area (Å²) in [7, 11) is 0. The summed E-state index contributed by atoms with van der Waals surface area (Å²) in [4.78, 5) is 25.4. The molecule has 0 aromatic heterocycles. The van der Waals surface area contributed by atoms with Crippen LogP contribution in [0.2, 0.25) is 10.0 Å². The van der Waals surface area contributed by atoms with Crippen molar-refractivity contribution in [1.29, 1.82) is 0 Å². The summed E-state index contributed by atoms with van der Waals surface area (Å²) >= 11 is 12.9. The van der Waals surface area contributed by atoms with E-state index in [2.05, 4.69) is 5.32 Å². The number of hydrogen-bond donors (Lipinski definition) is 1. The maximum absolute atomic E-state index is 13.0. The van der Waals surface area contributed by atoms with Crippen LogP contribution in [0.15, 0.2) is 17.9 Å². The molecule has 1 N–H and O–H groups in total. The number of amides is 1. The van der Waals surface area contributed by atoms with Crippen LogP contribution in [0.1, 0.15) is 44.7 Å². The first kappa shape index (κ1) is 20.2. The van der Waals surface area contributed by atoms with Crippen LogP contribution < -0.4 is 5.32 Å². The molecule has 1 aromatic carbocycles. The van der Waals surface area contributed by atoms with Crippen LogP contribution in [-0.2, 0) is 19.1 Å². The molecule has 2 heterocycles. The quantitative estimate of drug-likeness (QED) is 0.753. The largest absolute Gasteiger partial charge is 0.427 e. The third-order valence-electron chi connectivity index (χ3n) is 4.92. The Labute approximate surface area is 169 Å². The molecule has 2 aliphatic rings. The molecule has 0 radical (unpaired) electrons. The Morgan fingerprint density at radius 2 is 1.96 bits per heavy atom. The van der Waals surface area contributed by atoms with Crippen molar-refractivity contribution in [2.24, 2.45) is 5.92 Å². The Balaban J connectivity index is 2.21. The third-order valence-corrected chi connectivity index (χ3v) is 5.52. The Kier molecular flexibility index (Phi) is 5.57. The lowest BCUT2D eigenvalue weighted by molar-refractivity contribution is -0.145. The van der Waals surface area contributed by atoms with Gasteiger partial charge in [0.1, 0.15) is 11.3 Å². The first-order valence-corrected chi connectivity index (χ1v) is 9.77. The Hall–Kier alpha value is -1.56. The molecule has 146 valence electrons. The number of esters is 1. The molecule has 1 amide bonds. The summed E-state index contributed by atoms with van der Waals surface area (Å²) < 4.78 is 11.4. The van der Waals surface area contributed by atoms with Gasteiger partial charge in [-0.25, -0.2) is 0 Å². The van der Waals surface area contributed by atoms with Gasteiger partial charge in [-0.05, 0) is 31.5 Å². The van der Waals surface area contributed by atoms with E-state index < -0.39 is 11.5 Å².